The van der Waals surface area contributed by atoms with E-state index in [2.05, 4.69) is 15.8 Å². The van der Waals surface area contributed by atoms with Crippen LogP contribution in [0.5, 0.6) is 11.5 Å². The third-order valence-electron chi connectivity index (χ3n) is 5.44. The number of fused-ring (bicyclic) bond motifs is 1. The molecule has 0 radical (unpaired) electrons. The fourth-order valence-electron chi connectivity index (χ4n) is 3.59. The molecule has 0 unspecified atom stereocenters. The third-order valence-corrected chi connectivity index (χ3v) is 5.44. The fourth-order valence-corrected chi connectivity index (χ4v) is 3.59. The molecule has 0 bridgehead atoms. The van der Waals surface area contributed by atoms with Crippen LogP contribution >= 0.6 is 0 Å². The first-order valence-electron chi connectivity index (χ1n) is 11.4. The average Bonchev–Trinajstić information content (AvgIpc) is 2.91. The van der Waals surface area contributed by atoms with Crippen LogP contribution in [0.2, 0.25) is 0 Å². The summed E-state index contributed by atoms with van der Waals surface area (Å²) in [6, 6.07) is 21.6. The number of hydrazine groups is 1. The summed E-state index contributed by atoms with van der Waals surface area (Å²) in [4.78, 5) is 41.1. The van der Waals surface area contributed by atoms with Gasteiger partial charge in [-0.3, -0.25) is 25.2 Å². The van der Waals surface area contributed by atoms with Gasteiger partial charge in [-0.1, -0.05) is 30.3 Å². The summed E-state index contributed by atoms with van der Waals surface area (Å²) in [7, 11) is 0. The van der Waals surface area contributed by atoms with E-state index in [4.69, 9.17) is 9.47 Å². The van der Waals surface area contributed by atoms with Crippen LogP contribution in [-0.4, -0.2) is 28.0 Å². The summed E-state index contributed by atoms with van der Waals surface area (Å²) in [5, 5.41) is 0. The van der Waals surface area contributed by atoms with Crippen LogP contribution < -0.4 is 25.9 Å². The molecule has 0 aliphatic heterocycles. The zero-order chi connectivity index (χ0) is 25.5. The maximum atomic E-state index is 12.5. The zero-order valence-electron chi connectivity index (χ0n) is 20.0. The number of aromatic nitrogens is 2. The topological polar surface area (TPSA) is 112 Å². The third kappa shape index (κ3) is 5.87. The Morgan fingerprint density at radius 3 is 2.31 bits per heavy atom. The van der Waals surface area contributed by atoms with Gasteiger partial charge in [0, 0.05) is 12.1 Å². The fraction of sp³-hybridized carbons (Fsp3) is 0.185. The lowest BCUT2D eigenvalue weighted by Crippen LogP contribution is -2.43. The van der Waals surface area contributed by atoms with Crippen molar-refractivity contribution >= 4 is 22.8 Å². The normalized spacial score (nSPS) is 10.6. The number of hydrogen-bond donors (Lipinski definition) is 2. The maximum absolute atomic E-state index is 12.5. The van der Waals surface area contributed by atoms with Gasteiger partial charge in [-0.05, 0) is 61.9 Å². The molecule has 0 atom stereocenters. The second-order valence-electron chi connectivity index (χ2n) is 7.99. The van der Waals surface area contributed by atoms with Gasteiger partial charge in [-0.15, -0.1) is 0 Å². The zero-order valence-corrected chi connectivity index (χ0v) is 20.0. The molecule has 3 aromatic carbocycles. The molecule has 9 heteroatoms. The Labute approximate surface area is 207 Å². The molecule has 0 aliphatic carbocycles. The number of hydrogen-bond acceptors (Lipinski definition) is 6. The van der Waals surface area contributed by atoms with E-state index >= 15 is 0 Å². The molecule has 0 saturated carbocycles. The van der Waals surface area contributed by atoms with E-state index in [1.165, 1.54) is 0 Å². The van der Waals surface area contributed by atoms with Crippen LogP contribution in [0, 0.1) is 6.92 Å². The quantitative estimate of drug-likeness (QED) is 0.370. The molecule has 4 rings (SSSR count). The van der Waals surface area contributed by atoms with Crippen molar-refractivity contribution in [2.75, 3.05) is 6.61 Å². The van der Waals surface area contributed by atoms with Crippen molar-refractivity contribution in [2.24, 2.45) is 0 Å². The van der Waals surface area contributed by atoms with Crippen LogP contribution in [0.3, 0.4) is 0 Å². The van der Waals surface area contributed by atoms with Crippen molar-refractivity contribution in [3.8, 4) is 11.5 Å². The molecule has 1 aromatic heterocycles. The summed E-state index contributed by atoms with van der Waals surface area (Å²) in [6.07, 6.45) is 0. The van der Waals surface area contributed by atoms with Gasteiger partial charge in [0.15, 0.2) is 6.61 Å². The predicted molar refractivity (Wildman–Crippen MR) is 135 cm³/mol. The highest BCUT2D eigenvalue weighted by Gasteiger charge is 2.12. The standard InChI is InChI=1S/C27H26N4O5/c1-3-31-24-14-9-20(15-23(24)28-18(2)27(31)34)26(33)30-29-25(32)17-36-22-12-10-21(11-13-22)35-16-19-7-5-4-6-8-19/h4-15H,3,16-17H2,1-2H3,(H,29,32)(H,30,33). The van der Waals surface area contributed by atoms with Gasteiger partial charge in [0.2, 0.25) is 0 Å². The van der Waals surface area contributed by atoms with Crippen molar-refractivity contribution in [1.82, 2.24) is 20.4 Å². The minimum atomic E-state index is -0.526. The maximum Gasteiger partial charge on any atom is 0.276 e. The minimum Gasteiger partial charge on any atom is -0.489 e. The number of ether oxygens (including phenoxy) is 2. The molecular weight excluding hydrogens is 460 g/mol. The number of carbonyl (C=O) groups excluding carboxylic acids is 2. The Hall–Kier alpha value is -4.66. The van der Waals surface area contributed by atoms with Crippen molar-refractivity contribution in [3.63, 3.8) is 0 Å². The molecule has 0 fully saturated rings. The van der Waals surface area contributed by atoms with Crippen LogP contribution in [0.4, 0.5) is 0 Å². The van der Waals surface area contributed by atoms with Gasteiger partial charge in [-0.2, -0.15) is 0 Å². The molecule has 184 valence electrons. The summed E-state index contributed by atoms with van der Waals surface area (Å²) in [5.74, 6) is 0.126. The first-order valence-corrected chi connectivity index (χ1v) is 11.4. The minimum absolute atomic E-state index is 0.163. The monoisotopic (exact) mass is 486 g/mol. The second-order valence-corrected chi connectivity index (χ2v) is 7.99. The van der Waals surface area contributed by atoms with Gasteiger partial charge in [0.1, 0.15) is 23.8 Å². The van der Waals surface area contributed by atoms with Gasteiger partial charge < -0.3 is 14.0 Å². The summed E-state index contributed by atoms with van der Waals surface area (Å²) < 4.78 is 12.8. The number of amides is 2. The van der Waals surface area contributed by atoms with Crippen LogP contribution in [0.1, 0.15) is 28.5 Å². The van der Waals surface area contributed by atoms with Crippen molar-refractivity contribution < 1.29 is 19.1 Å². The van der Waals surface area contributed by atoms with E-state index in [1.54, 1.807) is 54.0 Å². The molecule has 1 heterocycles. The van der Waals surface area contributed by atoms with Crippen molar-refractivity contribution in [3.05, 3.63) is 100.0 Å². The molecule has 36 heavy (non-hydrogen) atoms. The smallest absolute Gasteiger partial charge is 0.276 e. The first kappa shape index (κ1) is 24.5. The number of nitrogens with one attached hydrogen (secondary N) is 2. The number of nitrogens with zero attached hydrogens (tertiary/aromatic N) is 2. The van der Waals surface area contributed by atoms with E-state index in [0.29, 0.717) is 46.9 Å². The first-order chi connectivity index (χ1) is 17.4. The van der Waals surface area contributed by atoms with E-state index in [1.807, 2.05) is 37.3 Å². The van der Waals surface area contributed by atoms with Gasteiger partial charge >= 0.3 is 0 Å². The molecule has 0 saturated heterocycles. The largest absolute Gasteiger partial charge is 0.489 e. The van der Waals surface area contributed by atoms with E-state index in [-0.39, 0.29) is 12.2 Å². The lowest BCUT2D eigenvalue weighted by atomic mass is 10.1. The summed E-state index contributed by atoms with van der Waals surface area (Å²) in [5.41, 5.74) is 7.39. The molecular formula is C27H26N4O5. The summed E-state index contributed by atoms with van der Waals surface area (Å²) in [6.45, 7) is 4.16. The average molecular weight is 487 g/mol. The van der Waals surface area contributed by atoms with Gasteiger partial charge in [0.25, 0.3) is 17.4 Å². The molecule has 0 spiro atoms. The molecule has 9 nitrogen and oxygen atoms in total. The van der Waals surface area contributed by atoms with Crippen LogP contribution in [0.15, 0.2) is 77.6 Å². The highest BCUT2D eigenvalue weighted by atomic mass is 16.5. The van der Waals surface area contributed by atoms with Crippen molar-refractivity contribution in [2.45, 2.75) is 27.0 Å². The Kier molecular flexibility index (Phi) is 7.60. The van der Waals surface area contributed by atoms with E-state index < -0.39 is 11.8 Å². The number of aryl methyl sites for hydroxylation is 2. The molecule has 2 amide bonds. The van der Waals surface area contributed by atoms with Gasteiger partial charge in [-0.25, -0.2) is 4.98 Å². The Bertz CT molecular complexity index is 1430. The lowest BCUT2D eigenvalue weighted by Gasteiger charge is -2.11. The van der Waals surface area contributed by atoms with E-state index in [9.17, 15) is 14.4 Å². The number of rotatable bonds is 8. The lowest BCUT2D eigenvalue weighted by molar-refractivity contribution is -0.123. The number of carbonyl (C=O) groups is 2. The van der Waals surface area contributed by atoms with Gasteiger partial charge in [0.05, 0.1) is 11.0 Å². The van der Waals surface area contributed by atoms with E-state index in [0.717, 1.165) is 5.56 Å². The molecule has 0 aliphatic rings. The Morgan fingerprint density at radius 1 is 0.917 bits per heavy atom. The number of benzene rings is 3. The SMILES string of the molecule is CCn1c(=O)c(C)nc2cc(C(=O)NNC(=O)COc3ccc(OCc4ccccc4)cc3)ccc21. The molecule has 4 aromatic rings. The van der Waals surface area contributed by atoms with Crippen molar-refractivity contribution in [1.29, 1.82) is 0 Å². The summed E-state index contributed by atoms with van der Waals surface area (Å²) >= 11 is 0. The second kappa shape index (κ2) is 11.2. The Balaban J connectivity index is 1.27. The highest BCUT2D eigenvalue weighted by molar-refractivity contribution is 5.98. The van der Waals surface area contributed by atoms with Crippen LogP contribution in [-0.2, 0) is 17.9 Å². The highest BCUT2D eigenvalue weighted by Crippen LogP contribution is 2.19. The predicted octanol–water partition coefficient (Wildman–Crippen LogP) is 3.14. The Morgan fingerprint density at radius 2 is 1.61 bits per heavy atom. The molecule has 2 N–H and O–H groups in total. The van der Waals surface area contributed by atoms with Crippen LogP contribution in [0.25, 0.3) is 11.0 Å².